The Morgan fingerprint density at radius 3 is 2.87 bits per heavy atom. The number of hydrogen-bond donors (Lipinski definition) is 1. The highest BCUT2D eigenvalue weighted by Gasteiger charge is 2.29. The highest BCUT2D eigenvalue weighted by atomic mass is 16.3. The number of aryl methyl sites for hydroxylation is 3. The number of imidazole rings is 1. The van der Waals surface area contributed by atoms with E-state index in [2.05, 4.69) is 41.9 Å². The molecule has 0 radical (unpaired) electrons. The number of aliphatic hydroxyl groups is 1. The summed E-state index contributed by atoms with van der Waals surface area (Å²) in [5.74, 6) is 1.04. The SMILES string of the molecule is Cc1ccc(CN2CCCC(C(O)c3nccn3C)C2)c(C)c1. The third-order valence-corrected chi connectivity index (χ3v) is 5.00. The first kappa shape index (κ1) is 16.2. The number of rotatable bonds is 4. The summed E-state index contributed by atoms with van der Waals surface area (Å²) in [7, 11) is 1.95. The van der Waals surface area contributed by atoms with Crippen molar-refractivity contribution in [2.24, 2.45) is 13.0 Å². The molecule has 4 nitrogen and oxygen atoms in total. The van der Waals surface area contributed by atoms with Crippen LogP contribution in [-0.4, -0.2) is 32.6 Å². The lowest BCUT2D eigenvalue weighted by Crippen LogP contribution is -2.38. The second-order valence-electron chi connectivity index (χ2n) is 6.91. The standard InChI is InChI=1S/C19H27N3O/c1-14-6-7-16(15(2)11-14)12-22-9-4-5-17(13-22)18(23)19-20-8-10-21(19)3/h6-8,10-11,17-18,23H,4-5,9,12-13H2,1-3H3. The van der Waals surface area contributed by atoms with Gasteiger partial charge in [-0.05, 0) is 44.4 Å². The van der Waals surface area contributed by atoms with E-state index in [1.54, 1.807) is 6.20 Å². The van der Waals surface area contributed by atoms with Crippen LogP contribution in [0.25, 0.3) is 0 Å². The number of hydrogen-bond acceptors (Lipinski definition) is 3. The van der Waals surface area contributed by atoms with E-state index in [-0.39, 0.29) is 5.92 Å². The molecule has 124 valence electrons. The Kier molecular flexibility index (Phi) is 4.83. The van der Waals surface area contributed by atoms with Gasteiger partial charge in [-0.25, -0.2) is 4.98 Å². The summed E-state index contributed by atoms with van der Waals surface area (Å²) in [5.41, 5.74) is 4.06. The first-order valence-corrected chi connectivity index (χ1v) is 8.48. The van der Waals surface area contributed by atoms with Crippen LogP contribution in [0.2, 0.25) is 0 Å². The third-order valence-electron chi connectivity index (χ3n) is 5.00. The molecule has 0 spiro atoms. The van der Waals surface area contributed by atoms with Gasteiger partial charge in [-0.3, -0.25) is 4.90 Å². The summed E-state index contributed by atoms with van der Waals surface area (Å²) in [6.07, 6.45) is 5.38. The maximum Gasteiger partial charge on any atom is 0.137 e. The average molecular weight is 313 g/mol. The lowest BCUT2D eigenvalue weighted by atomic mass is 9.91. The van der Waals surface area contributed by atoms with Crippen molar-refractivity contribution in [3.8, 4) is 0 Å². The number of nitrogens with zero attached hydrogens (tertiary/aromatic N) is 3. The molecule has 1 aromatic carbocycles. The molecular formula is C19H27N3O. The van der Waals surface area contributed by atoms with Gasteiger partial charge in [0.25, 0.3) is 0 Å². The van der Waals surface area contributed by atoms with E-state index in [9.17, 15) is 5.11 Å². The van der Waals surface area contributed by atoms with Gasteiger partial charge < -0.3 is 9.67 Å². The zero-order chi connectivity index (χ0) is 16.4. The Morgan fingerprint density at radius 2 is 2.17 bits per heavy atom. The molecule has 1 aliphatic heterocycles. The number of aliphatic hydroxyl groups excluding tert-OH is 1. The van der Waals surface area contributed by atoms with Crippen LogP contribution in [0.3, 0.4) is 0 Å². The van der Waals surface area contributed by atoms with Gasteiger partial charge in [-0.1, -0.05) is 23.8 Å². The van der Waals surface area contributed by atoms with Crippen LogP contribution in [0.5, 0.6) is 0 Å². The Labute approximate surface area is 138 Å². The molecule has 0 aliphatic carbocycles. The smallest absolute Gasteiger partial charge is 0.137 e. The number of likely N-dealkylation sites (tertiary alicyclic amines) is 1. The normalized spacial score (nSPS) is 20.6. The van der Waals surface area contributed by atoms with Crippen LogP contribution >= 0.6 is 0 Å². The van der Waals surface area contributed by atoms with Gasteiger partial charge in [0.15, 0.2) is 0 Å². The molecule has 0 saturated carbocycles. The molecule has 1 aliphatic rings. The van der Waals surface area contributed by atoms with Crippen LogP contribution in [0.4, 0.5) is 0 Å². The molecule has 1 fully saturated rings. The van der Waals surface area contributed by atoms with Crippen LogP contribution in [0.1, 0.15) is 41.5 Å². The molecule has 2 heterocycles. The third kappa shape index (κ3) is 3.65. The van der Waals surface area contributed by atoms with Gasteiger partial charge in [0.05, 0.1) is 0 Å². The van der Waals surface area contributed by atoms with Gasteiger partial charge >= 0.3 is 0 Å². The van der Waals surface area contributed by atoms with E-state index in [1.807, 2.05) is 17.8 Å². The first-order chi connectivity index (χ1) is 11.0. The average Bonchev–Trinajstić information content (AvgIpc) is 2.96. The molecule has 2 aromatic rings. The fourth-order valence-corrected chi connectivity index (χ4v) is 3.63. The summed E-state index contributed by atoms with van der Waals surface area (Å²) in [5, 5.41) is 10.7. The van der Waals surface area contributed by atoms with Gasteiger partial charge in [0.1, 0.15) is 11.9 Å². The summed E-state index contributed by atoms with van der Waals surface area (Å²) >= 11 is 0. The van der Waals surface area contributed by atoms with Crippen molar-refractivity contribution in [2.45, 2.75) is 39.3 Å². The highest BCUT2D eigenvalue weighted by Crippen LogP contribution is 2.29. The van der Waals surface area contributed by atoms with E-state index in [0.29, 0.717) is 0 Å². The minimum Gasteiger partial charge on any atom is -0.385 e. The first-order valence-electron chi connectivity index (χ1n) is 8.48. The van der Waals surface area contributed by atoms with Crippen molar-refractivity contribution in [2.75, 3.05) is 13.1 Å². The van der Waals surface area contributed by atoms with Crippen LogP contribution in [0, 0.1) is 19.8 Å². The van der Waals surface area contributed by atoms with E-state index in [0.717, 1.165) is 38.3 Å². The minimum absolute atomic E-state index is 0.260. The minimum atomic E-state index is -0.475. The fraction of sp³-hybridized carbons (Fsp3) is 0.526. The molecule has 23 heavy (non-hydrogen) atoms. The molecule has 4 heteroatoms. The fourth-order valence-electron chi connectivity index (χ4n) is 3.63. The molecule has 1 N–H and O–H groups in total. The van der Waals surface area contributed by atoms with Crippen molar-refractivity contribution in [1.82, 2.24) is 14.5 Å². The highest BCUT2D eigenvalue weighted by molar-refractivity contribution is 5.30. The van der Waals surface area contributed by atoms with Crippen molar-refractivity contribution in [3.63, 3.8) is 0 Å². The molecule has 2 unspecified atom stereocenters. The lowest BCUT2D eigenvalue weighted by molar-refractivity contribution is 0.0404. The van der Waals surface area contributed by atoms with E-state index in [1.165, 1.54) is 16.7 Å². The Morgan fingerprint density at radius 1 is 1.35 bits per heavy atom. The number of piperidine rings is 1. The van der Waals surface area contributed by atoms with E-state index >= 15 is 0 Å². The second-order valence-corrected chi connectivity index (χ2v) is 6.91. The quantitative estimate of drug-likeness (QED) is 0.943. The molecule has 0 amide bonds. The largest absolute Gasteiger partial charge is 0.385 e. The molecular weight excluding hydrogens is 286 g/mol. The van der Waals surface area contributed by atoms with Crippen LogP contribution in [-0.2, 0) is 13.6 Å². The van der Waals surface area contributed by atoms with Gasteiger partial charge in [-0.2, -0.15) is 0 Å². The molecule has 2 atom stereocenters. The molecule has 0 bridgehead atoms. The van der Waals surface area contributed by atoms with Crippen molar-refractivity contribution in [3.05, 3.63) is 53.1 Å². The Hall–Kier alpha value is -1.65. The lowest BCUT2D eigenvalue weighted by Gasteiger charge is -2.35. The number of aromatic nitrogens is 2. The molecule has 1 aromatic heterocycles. The molecule has 1 saturated heterocycles. The predicted molar refractivity (Wildman–Crippen MR) is 92.1 cm³/mol. The second kappa shape index (κ2) is 6.85. The van der Waals surface area contributed by atoms with Crippen LogP contribution < -0.4 is 0 Å². The summed E-state index contributed by atoms with van der Waals surface area (Å²) in [6, 6.07) is 6.68. The number of benzene rings is 1. The van der Waals surface area contributed by atoms with Crippen molar-refractivity contribution in [1.29, 1.82) is 0 Å². The maximum absolute atomic E-state index is 10.7. The van der Waals surface area contributed by atoms with Crippen LogP contribution in [0.15, 0.2) is 30.6 Å². The maximum atomic E-state index is 10.7. The van der Waals surface area contributed by atoms with E-state index in [4.69, 9.17) is 0 Å². The zero-order valence-corrected chi connectivity index (χ0v) is 14.4. The van der Waals surface area contributed by atoms with Gasteiger partial charge in [0, 0.05) is 38.4 Å². The summed E-state index contributed by atoms with van der Waals surface area (Å²) in [4.78, 5) is 6.79. The van der Waals surface area contributed by atoms with Crippen molar-refractivity contribution >= 4 is 0 Å². The predicted octanol–water partition coefficient (Wildman–Crippen LogP) is 2.98. The van der Waals surface area contributed by atoms with Gasteiger partial charge in [0.2, 0.25) is 0 Å². The Bertz CT molecular complexity index is 664. The monoisotopic (exact) mass is 313 g/mol. The Balaban J connectivity index is 1.67. The zero-order valence-electron chi connectivity index (χ0n) is 14.4. The van der Waals surface area contributed by atoms with Crippen molar-refractivity contribution < 1.29 is 5.11 Å². The van der Waals surface area contributed by atoms with E-state index < -0.39 is 6.10 Å². The molecule has 3 rings (SSSR count). The van der Waals surface area contributed by atoms with Gasteiger partial charge in [-0.15, -0.1) is 0 Å². The summed E-state index contributed by atoms with van der Waals surface area (Å²) in [6.45, 7) is 7.33. The topological polar surface area (TPSA) is 41.3 Å². The summed E-state index contributed by atoms with van der Waals surface area (Å²) < 4.78 is 1.92.